The van der Waals surface area contributed by atoms with E-state index in [2.05, 4.69) is 10.1 Å². The summed E-state index contributed by atoms with van der Waals surface area (Å²) in [4.78, 5) is 19.2. The first-order chi connectivity index (χ1) is 13.5. The molecule has 0 fully saturated rings. The van der Waals surface area contributed by atoms with Gasteiger partial charge in [-0.1, -0.05) is 35.5 Å². The van der Waals surface area contributed by atoms with Crippen LogP contribution in [0.1, 0.15) is 30.1 Å². The Kier molecular flexibility index (Phi) is 5.93. The lowest BCUT2D eigenvalue weighted by Crippen LogP contribution is -2.36. The van der Waals surface area contributed by atoms with Gasteiger partial charge in [-0.25, -0.2) is 0 Å². The molecule has 0 aliphatic heterocycles. The van der Waals surface area contributed by atoms with Gasteiger partial charge in [0, 0.05) is 17.2 Å². The molecule has 0 saturated heterocycles. The fraction of sp³-hybridized carbons (Fsp3) is 0.286. The van der Waals surface area contributed by atoms with E-state index in [0.29, 0.717) is 28.8 Å². The molecule has 0 unspecified atom stereocenters. The molecule has 0 atom stereocenters. The topological polar surface area (TPSA) is 77.7 Å². The van der Waals surface area contributed by atoms with Crippen molar-refractivity contribution in [1.29, 1.82) is 0 Å². The van der Waals surface area contributed by atoms with E-state index in [9.17, 15) is 4.79 Å². The van der Waals surface area contributed by atoms with Gasteiger partial charge in [0.25, 0.3) is 5.91 Å². The summed E-state index contributed by atoms with van der Waals surface area (Å²) < 4.78 is 15.9. The smallest absolute Gasteiger partial charge is 0.254 e. The highest BCUT2D eigenvalue weighted by Gasteiger charge is 2.23. The van der Waals surface area contributed by atoms with Crippen molar-refractivity contribution in [3.8, 4) is 22.9 Å². The zero-order valence-corrected chi connectivity index (χ0v) is 16.4. The third-order valence-electron chi connectivity index (χ3n) is 4.32. The molecule has 0 aliphatic carbocycles. The number of hydrogen-bond acceptors (Lipinski definition) is 6. The van der Waals surface area contributed by atoms with Crippen molar-refractivity contribution in [3.05, 3.63) is 60.0 Å². The fourth-order valence-corrected chi connectivity index (χ4v) is 2.79. The van der Waals surface area contributed by atoms with Crippen molar-refractivity contribution in [2.45, 2.75) is 26.4 Å². The third kappa shape index (κ3) is 4.14. The molecular weight excluding hydrogens is 358 g/mol. The van der Waals surface area contributed by atoms with Crippen molar-refractivity contribution < 1.29 is 18.8 Å². The lowest BCUT2D eigenvalue weighted by atomic mass is 10.1. The average molecular weight is 381 g/mol. The Labute approximate surface area is 163 Å². The Hall–Kier alpha value is -3.35. The molecule has 1 heterocycles. The van der Waals surface area contributed by atoms with Gasteiger partial charge in [0.2, 0.25) is 11.7 Å². The van der Waals surface area contributed by atoms with Crippen molar-refractivity contribution in [2.75, 3.05) is 14.2 Å². The van der Waals surface area contributed by atoms with Crippen LogP contribution in [0.25, 0.3) is 11.4 Å². The number of benzene rings is 2. The van der Waals surface area contributed by atoms with Gasteiger partial charge in [-0.3, -0.25) is 4.79 Å². The van der Waals surface area contributed by atoms with Gasteiger partial charge in [0.05, 0.1) is 14.2 Å². The van der Waals surface area contributed by atoms with Crippen LogP contribution in [0.15, 0.2) is 53.1 Å². The van der Waals surface area contributed by atoms with Crippen molar-refractivity contribution in [2.24, 2.45) is 0 Å². The zero-order chi connectivity index (χ0) is 20.1. The molecule has 0 spiro atoms. The average Bonchev–Trinajstić information content (AvgIpc) is 3.20. The molecule has 28 heavy (non-hydrogen) atoms. The molecule has 0 aliphatic rings. The van der Waals surface area contributed by atoms with E-state index in [1.807, 2.05) is 44.2 Å². The maximum absolute atomic E-state index is 13.1. The predicted molar refractivity (Wildman–Crippen MR) is 104 cm³/mol. The monoisotopic (exact) mass is 381 g/mol. The van der Waals surface area contributed by atoms with E-state index in [-0.39, 0.29) is 18.5 Å². The lowest BCUT2D eigenvalue weighted by Gasteiger charge is -2.25. The molecule has 0 saturated carbocycles. The number of methoxy groups -OCH3 is 2. The minimum absolute atomic E-state index is 0.0623. The Morgan fingerprint density at radius 1 is 1.07 bits per heavy atom. The van der Waals surface area contributed by atoms with Crippen molar-refractivity contribution >= 4 is 5.91 Å². The summed E-state index contributed by atoms with van der Waals surface area (Å²) in [6.45, 7) is 4.09. The summed E-state index contributed by atoms with van der Waals surface area (Å²) in [5.41, 5.74) is 1.36. The maximum Gasteiger partial charge on any atom is 0.254 e. The molecule has 146 valence electrons. The molecule has 1 amide bonds. The van der Waals surface area contributed by atoms with E-state index < -0.39 is 0 Å². The van der Waals surface area contributed by atoms with E-state index >= 15 is 0 Å². The van der Waals surface area contributed by atoms with Crippen LogP contribution >= 0.6 is 0 Å². The first-order valence-corrected chi connectivity index (χ1v) is 8.94. The molecule has 7 nitrogen and oxygen atoms in total. The van der Waals surface area contributed by atoms with Crippen LogP contribution in [-0.2, 0) is 6.54 Å². The van der Waals surface area contributed by atoms with E-state index in [1.54, 1.807) is 30.2 Å². The summed E-state index contributed by atoms with van der Waals surface area (Å²) in [6, 6.07) is 14.6. The number of carbonyl (C=O) groups is 1. The number of rotatable bonds is 7. The van der Waals surface area contributed by atoms with Gasteiger partial charge in [-0.05, 0) is 32.0 Å². The van der Waals surface area contributed by atoms with Crippen LogP contribution in [0.5, 0.6) is 11.5 Å². The Bertz CT molecular complexity index is 938. The summed E-state index contributed by atoms with van der Waals surface area (Å²) in [6.07, 6.45) is 0. The third-order valence-corrected chi connectivity index (χ3v) is 4.32. The maximum atomic E-state index is 13.1. The molecule has 0 bridgehead atoms. The highest BCUT2D eigenvalue weighted by atomic mass is 16.5. The summed E-state index contributed by atoms with van der Waals surface area (Å²) in [5, 5.41) is 4.02. The van der Waals surface area contributed by atoms with E-state index in [4.69, 9.17) is 14.0 Å². The Balaban J connectivity index is 1.82. The van der Waals surface area contributed by atoms with Gasteiger partial charge in [0.1, 0.15) is 6.54 Å². The van der Waals surface area contributed by atoms with Crippen molar-refractivity contribution in [3.63, 3.8) is 0 Å². The SMILES string of the molecule is COc1ccc(C(=O)N(Cc2nc(-c3ccccc3)no2)C(C)C)cc1OC. The number of amides is 1. The second-order valence-corrected chi connectivity index (χ2v) is 6.47. The standard InChI is InChI=1S/C21H23N3O4/c1-14(2)24(21(25)16-10-11-17(26-3)18(12-16)27-4)13-19-22-20(23-28-19)15-8-6-5-7-9-15/h5-12,14H,13H2,1-4H3. The molecule has 3 aromatic rings. The number of carbonyl (C=O) groups excluding carboxylic acids is 1. The number of hydrogen-bond donors (Lipinski definition) is 0. The molecule has 7 heteroatoms. The largest absolute Gasteiger partial charge is 0.493 e. The minimum Gasteiger partial charge on any atom is -0.493 e. The number of aromatic nitrogens is 2. The predicted octanol–water partition coefficient (Wildman–Crippen LogP) is 3.80. The Morgan fingerprint density at radius 2 is 1.79 bits per heavy atom. The Morgan fingerprint density at radius 3 is 2.43 bits per heavy atom. The van der Waals surface area contributed by atoms with Crippen molar-refractivity contribution in [1.82, 2.24) is 15.0 Å². The van der Waals surface area contributed by atoms with Gasteiger partial charge in [-0.2, -0.15) is 4.98 Å². The molecular formula is C21H23N3O4. The van der Waals surface area contributed by atoms with Crippen LogP contribution in [0, 0.1) is 0 Å². The van der Waals surface area contributed by atoms with Gasteiger partial charge < -0.3 is 18.9 Å². The van der Waals surface area contributed by atoms with Crippen LogP contribution in [0.2, 0.25) is 0 Å². The molecule has 2 aromatic carbocycles. The van der Waals surface area contributed by atoms with Crippen LogP contribution < -0.4 is 9.47 Å². The van der Waals surface area contributed by atoms with Crippen LogP contribution in [0.4, 0.5) is 0 Å². The quantitative estimate of drug-likeness (QED) is 0.619. The van der Waals surface area contributed by atoms with Gasteiger partial charge in [0.15, 0.2) is 11.5 Å². The highest BCUT2D eigenvalue weighted by Crippen LogP contribution is 2.28. The minimum atomic E-state index is -0.157. The number of ether oxygens (including phenoxy) is 2. The van der Waals surface area contributed by atoms with Crippen LogP contribution in [-0.4, -0.2) is 41.2 Å². The van der Waals surface area contributed by atoms with E-state index in [0.717, 1.165) is 5.56 Å². The highest BCUT2D eigenvalue weighted by molar-refractivity contribution is 5.95. The first-order valence-electron chi connectivity index (χ1n) is 8.94. The summed E-state index contributed by atoms with van der Waals surface area (Å²) in [5.74, 6) is 1.79. The zero-order valence-electron chi connectivity index (χ0n) is 16.4. The molecule has 0 radical (unpaired) electrons. The summed E-state index contributed by atoms with van der Waals surface area (Å²) in [7, 11) is 3.09. The van der Waals surface area contributed by atoms with Crippen LogP contribution in [0.3, 0.4) is 0 Å². The molecule has 0 N–H and O–H groups in total. The fourth-order valence-electron chi connectivity index (χ4n) is 2.79. The number of nitrogens with zero attached hydrogens (tertiary/aromatic N) is 3. The molecule has 1 aromatic heterocycles. The van der Waals surface area contributed by atoms with Gasteiger partial charge >= 0.3 is 0 Å². The molecule has 3 rings (SSSR count). The lowest BCUT2D eigenvalue weighted by molar-refractivity contribution is 0.0667. The summed E-state index contributed by atoms with van der Waals surface area (Å²) >= 11 is 0. The van der Waals surface area contributed by atoms with Gasteiger partial charge in [-0.15, -0.1) is 0 Å². The van der Waals surface area contributed by atoms with E-state index in [1.165, 1.54) is 7.11 Å². The second-order valence-electron chi connectivity index (χ2n) is 6.47. The normalized spacial score (nSPS) is 10.8. The first kappa shape index (κ1) is 19.4. The second kappa shape index (κ2) is 8.56.